The van der Waals surface area contributed by atoms with Gasteiger partial charge in [-0.3, -0.25) is 14.5 Å². The van der Waals surface area contributed by atoms with E-state index in [1.54, 1.807) is 6.07 Å². The van der Waals surface area contributed by atoms with Crippen molar-refractivity contribution in [2.24, 2.45) is 5.92 Å². The number of benzene rings is 1. The van der Waals surface area contributed by atoms with Gasteiger partial charge in [-0.05, 0) is 30.9 Å². The number of amides is 1. The minimum Gasteiger partial charge on any atom is -0.465 e. The molecule has 26 heavy (non-hydrogen) atoms. The number of carbonyl (C=O) groups is 1. The molecule has 4 rings (SSSR count). The fourth-order valence-corrected chi connectivity index (χ4v) is 3.45. The van der Waals surface area contributed by atoms with Gasteiger partial charge in [-0.15, -0.1) is 0 Å². The summed E-state index contributed by atoms with van der Waals surface area (Å²) in [5.74, 6) is 0.324. The minimum atomic E-state index is -1.19. The Hall–Kier alpha value is -2.58. The van der Waals surface area contributed by atoms with Crippen molar-refractivity contribution in [3.63, 3.8) is 0 Å². The molecular weight excluding hydrogens is 381 g/mol. The highest BCUT2D eigenvalue weighted by atomic mass is 35.5. The topological polar surface area (TPSA) is 113 Å². The molecule has 0 radical (unpaired) electrons. The Bertz CT molecular complexity index is 1060. The molecule has 1 unspecified atom stereocenters. The molecule has 3 aromatic rings. The molecule has 10 heteroatoms. The van der Waals surface area contributed by atoms with Crippen molar-refractivity contribution in [2.45, 2.75) is 18.9 Å². The van der Waals surface area contributed by atoms with Crippen LogP contribution in [0.1, 0.15) is 24.7 Å². The Morgan fingerprint density at radius 3 is 2.69 bits per heavy atom. The van der Waals surface area contributed by atoms with Crippen LogP contribution in [-0.2, 0) is 0 Å². The van der Waals surface area contributed by atoms with Crippen molar-refractivity contribution in [2.75, 3.05) is 0 Å². The number of H-pyrrole nitrogens is 1. The van der Waals surface area contributed by atoms with Crippen LogP contribution in [0.15, 0.2) is 29.3 Å². The molecule has 3 N–H and O–H groups in total. The van der Waals surface area contributed by atoms with Crippen LogP contribution in [0.2, 0.25) is 10.0 Å². The van der Waals surface area contributed by atoms with Crippen LogP contribution in [-0.4, -0.2) is 30.9 Å². The maximum absolute atomic E-state index is 13.2. The average Bonchev–Trinajstić information content (AvgIpc) is 3.30. The molecule has 2 aromatic heterocycles. The van der Waals surface area contributed by atoms with E-state index in [0.717, 1.165) is 12.8 Å². The Labute approximate surface area is 156 Å². The first kappa shape index (κ1) is 16.9. The molecule has 1 atom stereocenters. The molecule has 1 fully saturated rings. The van der Waals surface area contributed by atoms with Crippen LogP contribution >= 0.6 is 23.2 Å². The van der Waals surface area contributed by atoms with E-state index in [0.29, 0.717) is 5.69 Å². The van der Waals surface area contributed by atoms with Gasteiger partial charge in [0, 0.05) is 6.20 Å². The fourth-order valence-electron chi connectivity index (χ4n) is 3.01. The van der Waals surface area contributed by atoms with Crippen LogP contribution in [0.25, 0.3) is 16.6 Å². The van der Waals surface area contributed by atoms with Gasteiger partial charge in [-0.1, -0.05) is 23.2 Å². The maximum atomic E-state index is 13.2. The number of aromatic nitrogens is 4. The highest BCUT2D eigenvalue weighted by Crippen LogP contribution is 2.41. The highest BCUT2D eigenvalue weighted by molar-refractivity contribution is 6.39. The molecule has 2 heterocycles. The Balaban J connectivity index is 2.07. The summed E-state index contributed by atoms with van der Waals surface area (Å²) in [6.07, 6.45) is 3.48. The molecule has 1 amide bonds. The number of hydrogen-bond acceptors (Lipinski definition) is 4. The predicted octanol–water partition coefficient (Wildman–Crippen LogP) is 3.13. The molecule has 134 valence electrons. The number of aromatic amines is 1. The van der Waals surface area contributed by atoms with E-state index in [2.05, 4.69) is 20.5 Å². The zero-order chi connectivity index (χ0) is 18.4. The summed E-state index contributed by atoms with van der Waals surface area (Å²) in [7, 11) is 0. The minimum absolute atomic E-state index is 0.0616. The SMILES string of the molecule is O=C(O)NC(c1nc2c(Cl)ccc(Cl)c2c(=O)n1-c1cn[nH]c1)C1CC1. The van der Waals surface area contributed by atoms with Crippen molar-refractivity contribution in [1.29, 1.82) is 0 Å². The van der Waals surface area contributed by atoms with E-state index in [9.17, 15) is 14.7 Å². The second kappa shape index (κ2) is 6.30. The first-order valence-electron chi connectivity index (χ1n) is 7.86. The summed E-state index contributed by atoms with van der Waals surface area (Å²) in [6, 6.07) is 2.44. The first-order valence-corrected chi connectivity index (χ1v) is 8.62. The van der Waals surface area contributed by atoms with E-state index in [4.69, 9.17) is 23.2 Å². The van der Waals surface area contributed by atoms with E-state index in [1.165, 1.54) is 23.0 Å². The molecule has 1 aliphatic rings. The van der Waals surface area contributed by atoms with Crippen molar-refractivity contribution in [3.05, 3.63) is 50.7 Å². The van der Waals surface area contributed by atoms with Gasteiger partial charge in [0.25, 0.3) is 5.56 Å². The molecule has 0 aliphatic heterocycles. The Morgan fingerprint density at radius 2 is 2.08 bits per heavy atom. The molecule has 0 saturated heterocycles. The van der Waals surface area contributed by atoms with Gasteiger partial charge < -0.3 is 10.4 Å². The van der Waals surface area contributed by atoms with Crippen molar-refractivity contribution >= 4 is 40.2 Å². The summed E-state index contributed by atoms with van der Waals surface area (Å²) in [6.45, 7) is 0. The lowest BCUT2D eigenvalue weighted by atomic mass is 10.1. The predicted molar refractivity (Wildman–Crippen MR) is 96.1 cm³/mol. The highest BCUT2D eigenvalue weighted by Gasteiger charge is 2.37. The molecule has 1 aromatic carbocycles. The van der Waals surface area contributed by atoms with Crippen LogP contribution in [0, 0.1) is 5.92 Å². The van der Waals surface area contributed by atoms with Crippen LogP contribution < -0.4 is 10.9 Å². The molecule has 8 nitrogen and oxygen atoms in total. The molecule has 1 aliphatic carbocycles. The normalized spacial score (nSPS) is 15.2. The molecule has 0 bridgehead atoms. The molecular formula is C16H13Cl2N5O3. The number of hydrogen-bond donors (Lipinski definition) is 3. The third kappa shape index (κ3) is 2.81. The lowest BCUT2D eigenvalue weighted by molar-refractivity contribution is 0.187. The van der Waals surface area contributed by atoms with Gasteiger partial charge in [0.2, 0.25) is 0 Å². The number of nitrogens with one attached hydrogen (secondary N) is 2. The van der Waals surface area contributed by atoms with Gasteiger partial charge in [-0.25, -0.2) is 9.78 Å². The number of fused-ring (bicyclic) bond motifs is 1. The van der Waals surface area contributed by atoms with Gasteiger partial charge in [0.15, 0.2) is 0 Å². The Kier molecular flexibility index (Phi) is 4.08. The number of nitrogens with zero attached hydrogens (tertiary/aromatic N) is 3. The standard InChI is InChI=1S/C16H13Cl2N5O3/c17-9-3-4-10(18)13-11(9)15(24)23(8-5-19-20-6-8)14(21-13)12(7-1-2-7)22-16(25)26/h3-7,12,22H,1-2H2,(H,19,20)(H,25,26). The number of rotatable bonds is 4. The third-order valence-electron chi connectivity index (χ3n) is 4.34. The zero-order valence-corrected chi connectivity index (χ0v) is 14.8. The van der Waals surface area contributed by atoms with Crippen molar-refractivity contribution < 1.29 is 9.90 Å². The number of carboxylic acid groups (broad SMARTS) is 1. The van der Waals surface area contributed by atoms with Gasteiger partial charge in [-0.2, -0.15) is 5.10 Å². The molecule has 0 spiro atoms. The quantitative estimate of drug-likeness (QED) is 0.629. The zero-order valence-electron chi connectivity index (χ0n) is 13.2. The second-order valence-corrected chi connectivity index (χ2v) is 6.90. The van der Waals surface area contributed by atoms with Gasteiger partial charge in [0.05, 0.1) is 38.9 Å². The van der Waals surface area contributed by atoms with E-state index in [-0.39, 0.29) is 32.7 Å². The van der Waals surface area contributed by atoms with Crippen LogP contribution in [0.4, 0.5) is 4.79 Å². The number of halogens is 2. The maximum Gasteiger partial charge on any atom is 0.405 e. The fraction of sp³-hybridized carbons (Fsp3) is 0.250. The van der Waals surface area contributed by atoms with Crippen molar-refractivity contribution in [3.8, 4) is 5.69 Å². The average molecular weight is 394 g/mol. The van der Waals surface area contributed by atoms with Crippen LogP contribution in [0.3, 0.4) is 0 Å². The first-order chi connectivity index (χ1) is 12.5. The summed E-state index contributed by atoms with van der Waals surface area (Å²) in [5, 5.41) is 18.9. The van der Waals surface area contributed by atoms with Crippen LogP contribution in [0.5, 0.6) is 0 Å². The van der Waals surface area contributed by atoms with Crippen molar-refractivity contribution in [1.82, 2.24) is 25.1 Å². The Morgan fingerprint density at radius 1 is 1.35 bits per heavy atom. The monoisotopic (exact) mass is 393 g/mol. The summed E-state index contributed by atoms with van der Waals surface area (Å²) in [5.41, 5.74) is 0.252. The second-order valence-electron chi connectivity index (χ2n) is 6.08. The molecule has 1 saturated carbocycles. The summed E-state index contributed by atoms with van der Waals surface area (Å²) >= 11 is 12.4. The van der Waals surface area contributed by atoms with E-state index < -0.39 is 17.7 Å². The van der Waals surface area contributed by atoms with E-state index in [1.807, 2.05) is 0 Å². The third-order valence-corrected chi connectivity index (χ3v) is 4.96. The van der Waals surface area contributed by atoms with Gasteiger partial charge in [0.1, 0.15) is 5.82 Å². The summed E-state index contributed by atoms with van der Waals surface area (Å²) in [4.78, 5) is 29.1. The van der Waals surface area contributed by atoms with Gasteiger partial charge >= 0.3 is 6.09 Å². The lowest BCUT2D eigenvalue weighted by Gasteiger charge is -2.21. The largest absolute Gasteiger partial charge is 0.465 e. The summed E-state index contributed by atoms with van der Waals surface area (Å²) < 4.78 is 1.33. The van der Waals surface area contributed by atoms with E-state index >= 15 is 0 Å². The lowest BCUT2D eigenvalue weighted by Crippen LogP contribution is -2.35. The smallest absolute Gasteiger partial charge is 0.405 e.